The van der Waals surface area contributed by atoms with Crippen LogP contribution in [0.2, 0.25) is 0 Å². The number of anilines is 1. The van der Waals surface area contributed by atoms with Gasteiger partial charge >= 0.3 is 0 Å². The van der Waals surface area contributed by atoms with Gasteiger partial charge in [-0.1, -0.05) is 13.8 Å². The van der Waals surface area contributed by atoms with Gasteiger partial charge in [0.25, 0.3) is 0 Å². The Hall–Kier alpha value is -1.29. The first kappa shape index (κ1) is 9.80. The van der Waals surface area contributed by atoms with Crippen molar-refractivity contribution in [2.75, 3.05) is 5.73 Å². The average Bonchev–Trinajstić information content (AvgIpc) is 2.06. The third-order valence-corrected chi connectivity index (χ3v) is 1.65. The molecule has 0 aliphatic rings. The van der Waals surface area contributed by atoms with E-state index in [1.54, 1.807) is 12.1 Å². The summed E-state index contributed by atoms with van der Waals surface area (Å²) in [7, 11) is 0. The minimum atomic E-state index is 0.183. The molecular formula is C9H15N3O. The van der Waals surface area contributed by atoms with Gasteiger partial charge in [0.15, 0.2) is 0 Å². The summed E-state index contributed by atoms with van der Waals surface area (Å²) in [6, 6.07) is 3.50. The van der Waals surface area contributed by atoms with Gasteiger partial charge in [-0.25, -0.2) is 4.98 Å². The fourth-order valence-corrected chi connectivity index (χ4v) is 0.942. The molecule has 1 aromatic rings. The second-order valence-corrected chi connectivity index (χ2v) is 3.24. The summed E-state index contributed by atoms with van der Waals surface area (Å²) in [5, 5.41) is 12.5. The fourth-order valence-electron chi connectivity index (χ4n) is 0.942. The maximum atomic E-state index is 9.39. The molecule has 0 bridgehead atoms. The lowest BCUT2D eigenvalue weighted by Crippen LogP contribution is -2.22. The number of nitrogens with zero attached hydrogens (tertiary/aromatic N) is 1. The van der Waals surface area contributed by atoms with Gasteiger partial charge < -0.3 is 16.2 Å². The Morgan fingerprint density at radius 3 is 2.85 bits per heavy atom. The number of nitrogens with two attached hydrogens (primary N) is 1. The van der Waals surface area contributed by atoms with Gasteiger partial charge in [0.05, 0.1) is 5.69 Å². The predicted octanol–water partition coefficient (Wildman–Crippen LogP) is 0.867. The van der Waals surface area contributed by atoms with Gasteiger partial charge in [-0.15, -0.1) is 0 Å². The molecule has 0 radical (unpaired) electrons. The Morgan fingerprint density at radius 2 is 2.23 bits per heavy atom. The molecule has 1 aromatic heterocycles. The number of rotatable bonds is 3. The number of aromatic hydroxyl groups is 1. The Labute approximate surface area is 77.8 Å². The van der Waals surface area contributed by atoms with E-state index in [1.165, 1.54) is 0 Å². The predicted molar refractivity (Wildman–Crippen MR) is 52.3 cm³/mol. The van der Waals surface area contributed by atoms with Crippen molar-refractivity contribution in [2.45, 2.75) is 26.4 Å². The van der Waals surface area contributed by atoms with E-state index in [4.69, 9.17) is 5.73 Å². The van der Waals surface area contributed by atoms with E-state index in [1.807, 2.05) is 13.8 Å². The van der Waals surface area contributed by atoms with E-state index in [0.29, 0.717) is 24.1 Å². The smallest absolute Gasteiger partial charge is 0.138 e. The molecule has 4 nitrogen and oxygen atoms in total. The van der Waals surface area contributed by atoms with E-state index in [-0.39, 0.29) is 5.75 Å². The monoisotopic (exact) mass is 181 g/mol. The second kappa shape index (κ2) is 4.09. The van der Waals surface area contributed by atoms with Crippen molar-refractivity contribution >= 4 is 5.82 Å². The van der Waals surface area contributed by atoms with Crippen molar-refractivity contribution in [3.63, 3.8) is 0 Å². The minimum absolute atomic E-state index is 0.183. The lowest BCUT2D eigenvalue weighted by molar-refractivity contribution is 0.456. The van der Waals surface area contributed by atoms with E-state index in [9.17, 15) is 5.11 Å². The molecule has 0 aliphatic carbocycles. The summed E-state index contributed by atoms with van der Waals surface area (Å²) >= 11 is 0. The quantitative estimate of drug-likeness (QED) is 0.647. The molecule has 0 unspecified atom stereocenters. The van der Waals surface area contributed by atoms with Gasteiger partial charge in [-0.2, -0.15) is 0 Å². The molecule has 0 saturated heterocycles. The maximum absolute atomic E-state index is 9.39. The molecule has 0 amide bonds. The Bertz CT molecular complexity index is 286. The van der Waals surface area contributed by atoms with Crippen LogP contribution in [0.15, 0.2) is 12.1 Å². The van der Waals surface area contributed by atoms with Gasteiger partial charge in [0, 0.05) is 12.6 Å². The third-order valence-electron chi connectivity index (χ3n) is 1.65. The van der Waals surface area contributed by atoms with Crippen LogP contribution < -0.4 is 11.1 Å². The highest BCUT2D eigenvalue weighted by Crippen LogP contribution is 2.15. The molecule has 0 saturated carbocycles. The van der Waals surface area contributed by atoms with E-state index in [2.05, 4.69) is 10.3 Å². The van der Waals surface area contributed by atoms with Crippen molar-refractivity contribution in [2.24, 2.45) is 0 Å². The Morgan fingerprint density at radius 1 is 1.54 bits per heavy atom. The standard InChI is InChI=1S/C9H15N3O/c1-6(2)11-5-7-8(13)3-4-9(10)12-7/h3-4,6,11,13H,5H2,1-2H3,(H2,10,12). The van der Waals surface area contributed by atoms with Crippen LogP contribution in [0, 0.1) is 0 Å². The zero-order chi connectivity index (χ0) is 9.84. The molecule has 0 spiro atoms. The zero-order valence-corrected chi connectivity index (χ0v) is 7.91. The highest BCUT2D eigenvalue weighted by atomic mass is 16.3. The maximum Gasteiger partial charge on any atom is 0.138 e. The van der Waals surface area contributed by atoms with Crippen LogP contribution in [0.4, 0.5) is 5.82 Å². The summed E-state index contributed by atoms with van der Waals surface area (Å²) in [5.41, 5.74) is 6.08. The van der Waals surface area contributed by atoms with Crippen LogP contribution in [0.1, 0.15) is 19.5 Å². The van der Waals surface area contributed by atoms with Crippen LogP contribution in [0.5, 0.6) is 5.75 Å². The van der Waals surface area contributed by atoms with Crippen molar-refractivity contribution < 1.29 is 5.11 Å². The summed E-state index contributed by atoms with van der Waals surface area (Å²) in [5.74, 6) is 0.612. The summed E-state index contributed by atoms with van der Waals surface area (Å²) in [4.78, 5) is 4.01. The van der Waals surface area contributed by atoms with Crippen LogP contribution in [-0.2, 0) is 6.54 Å². The molecule has 0 fully saturated rings. The topological polar surface area (TPSA) is 71.2 Å². The zero-order valence-electron chi connectivity index (χ0n) is 7.91. The van der Waals surface area contributed by atoms with Gasteiger partial charge in [-0.3, -0.25) is 0 Å². The first-order chi connectivity index (χ1) is 6.09. The number of aromatic nitrogens is 1. The van der Waals surface area contributed by atoms with Crippen molar-refractivity contribution in [1.82, 2.24) is 10.3 Å². The molecule has 0 aromatic carbocycles. The number of hydrogen-bond acceptors (Lipinski definition) is 4. The molecule has 4 heteroatoms. The Balaban J connectivity index is 2.70. The van der Waals surface area contributed by atoms with E-state index >= 15 is 0 Å². The van der Waals surface area contributed by atoms with Gasteiger partial charge in [-0.05, 0) is 12.1 Å². The minimum Gasteiger partial charge on any atom is -0.506 e. The van der Waals surface area contributed by atoms with Crippen LogP contribution in [0.3, 0.4) is 0 Å². The lowest BCUT2D eigenvalue weighted by atomic mass is 10.3. The van der Waals surface area contributed by atoms with Crippen molar-refractivity contribution in [1.29, 1.82) is 0 Å². The van der Waals surface area contributed by atoms with E-state index in [0.717, 1.165) is 0 Å². The molecule has 13 heavy (non-hydrogen) atoms. The molecule has 0 aliphatic heterocycles. The van der Waals surface area contributed by atoms with Crippen LogP contribution in [0.25, 0.3) is 0 Å². The molecule has 1 heterocycles. The summed E-state index contributed by atoms with van der Waals surface area (Å²) in [6.07, 6.45) is 0. The van der Waals surface area contributed by atoms with Crippen molar-refractivity contribution in [3.05, 3.63) is 17.8 Å². The van der Waals surface area contributed by atoms with Crippen LogP contribution in [-0.4, -0.2) is 16.1 Å². The molecule has 1 rings (SSSR count). The highest BCUT2D eigenvalue weighted by Gasteiger charge is 2.03. The Kier molecular flexibility index (Phi) is 3.08. The largest absolute Gasteiger partial charge is 0.506 e. The van der Waals surface area contributed by atoms with Gasteiger partial charge in [0.2, 0.25) is 0 Å². The molecule has 4 N–H and O–H groups in total. The van der Waals surface area contributed by atoms with E-state index < -0.39 is 0 Å². The van der Waals surface area contributed by atoms with Crippen molar-refractivity contribution in [3.8, 4) is 5.75 Å². The first-order valence-corrected chi connectivity index (χ1v) is 4.27. The normalized spacial score (nSPS) is 10.7. The fraction of sp³-hybridized carbons (Fsp3) is 0.444. The molecule has 0 atom stereocenters. The third kappa shape index (κ3) is 2.91. The molecular weight excluding hydrogens is 166 g/mol. The highest BCUT2D eigenvalue weighted by molar-refractivity contribution is 5.37. The average molecular weight is 181 g/mol. The summed E-state index contributed by atoms with van der Waals surface area (Å²) < 4.78 is 0. The van der Waals surface area contributed by atoms with Gasteiger partial charge in [0.1, 0.15) is 11.6 Å². The number of pyridine rings is 1. The number of nitrogen functional groups attached to an aromatic ring is 1. The second-order valence-electron chi connectivity index (χ2n) is 3.24. The number of hydrogen-bond donors (Lipinski definition) is 3. The molecule has 72 valence electrons. The SMILES string of the molecule is CC(C)NCc1nc(N)ccc1O. The number of nitrogens with one attached hydrogen (secondary N) is 1. The lowest BCUT2D eigenvalue weighted by Gasteiger charge is -2.08. The first-order valence-electron chi connectivity index (χ1n) is 4.27. The summed E-state index contributed by atoms with van der Waals surface area (Å²) in [6.45, 7) is 4.60. The van der Waals surface area contributed by atoms with Crippen LogP contribution >= 0.6 is 0 Å².